The lowest BCUT2D eigenvalue weighted by Gasteiger charge is -2.16. The summed E-state index contributed by atoms with van der Waals surface area (Å²) in [4.78, 5) is 4.98. The van der Waals surface area contributed by atoms with Crippen LogP contribution in [0.15, 0.2) is 54.6 Å². The number of fused-ring (bicyclic) bond motifs is 1. The van der Waals surface area contributed by atoms with Crippen LogP contribution in [0.5, 0.6) is 17.2 Å². The van der Waals surface area contributed by atoms with Crippen LogP contribution in [0.4, 0.5) is 0 Å². The average molecular weight is 402 g/mol. The van der Waals surface area contributed by atoms with Crippen LogP contribution in [0.3, 0.4) is 0 Å². The van der Waals surface area contributed by atoms with E-state index >= 15 is 0 Å². The van der Waals surface area contributed by atoms with Crippen molar-refractivity contribution in [3.63, 3.8) is 0 Å². The van der Waals surface area contributed by atoms with E-state index in [0.717, 1.165) is 28.0 Å². The molecule has 1 aromatic heterocycles. The molecule has 0 aliphatic heterocycles. The zero-order valence-corrected chi connectivity index (χ0v) is 18.0. The van der Waals surface area contributed by atoms with E-state index in [-0.39, 0.29) is 0 Å². The number of methoxy groups -OCH3 is 3. The molecule has 5 heteroatoms. The van der Waals surface area contributed by atoms with Crippen molar-refractivity contribution >= 4 is 11.0 Å². The predicted octanol–water partition coefficient (Wildman–Crippen LogP) is 5.39. The number of rotatable bonds is 6. The highest BCUT2D eigenvalue weighted by atomic mass is 16.5. The number of aryl methyl sites for hydroxylation is 2. The Morgan fingerprint density at radius 2 is 1.50 bits per heavy atom. The molecule has 0 radical (unpaired) electrons. The summed E-state index contributed by atoms with van der Waals surface area (Å²) in [7, 11) is 4.88. The summed E-state index contributed by atoms with van der Waals surface area (Å²) in [5.41, 5.74) is 6.60. The number of hydrogen-bond acceptors (Lipinski definition) is 4. The topological polar surface area (TPSA) is 45.5 Å². The van der Waals surface area contributed by atoms with Crippen molar-refractivity contribution in [1.29, 1.82) is 0 Å². The van der Waals surface area contributed by atoms with Crippen LogP contribution < -0.4 is 14.2 Å². The van der Waals surface area contributed by atoms with Gasteiger partial charge in [0.1, 0.15) is 5.82 Å². The fourth-order valence-corrected chi connectivity index (χ4v) is 3.81. The highest BCUT2D eigenvalue weighted by molar-refractivity contribution is 5.81. The molecule has 4 rings (SSSR count). The summed E-state index contributed by atoms with van der Waals surface area (Å²) in [6.07, 6.45) is 0. The Bertz CT molecular complexity index is 1190. The van der Waals surface area contributed by atoms with Gasteiger partial charge in [0.15, 0.2) is 11.5 Å². The van der Waals surface area contributed by atoms with E-state index in [9.17, 15) is 0 Å². The molecule has 4 aromatic rings. The lowest BCUT2D eigenvalue weighted by molar-refractivity contribution is 0.323. The minimum Gasteiger partial charge on any atom is -0.493 e. The first-order chi connectivity index (χ1) is 14.5. The Labute approximate surface area is 176 Å². The van der Waals surface area contributed by atoms with E-state index < -0.39 is 0 Å². The number of hydrogen-bond donors (Lipinski definition) is 0. The van der Waals surface area contributed by atoms with Crippen LogP contribution >= 0.6 is 0 Å². The van der Waals surface area contributed by atoms with Gasteiger partial charge in [-0.15, -0.1) is 0 Å². The van der Waals surface area contributed by atoms with E-state index in [1.54, 1.807) is 21.3 Å². The standard InChI is InChI=1S/C25H26N2O3/c1-16-7-6-8-19(11-16)25-26-20-12-17(2)9-10-21(20)27(25)15-18-13-22(28-3)24(30-5)23(14-18)29-4/h6-14H,15H2,1-5H3. The van der Waals surface area contributed by atoms with E-state index in [2.05, 4.69) is 60.9 Å². The molecule has 0 bridgehead atoms. The van der Waals surface area contributed by atoms with Crippen molar-refractivity contribution in [1.82, 2.24) is 9.55 Å². The highest BCUT2D eigenvalue weighted by Gasteiger charge is 2.17. The van der Waals surface area contributed by atoms with Crippen molar-refractivity contribution in [2.75, 3.05) is 21.3 Å². The molecule has 0 aliphatic carbocycles. The molecule has 0 unspecified atom stereocenters. The molecular formula is C25H26N2O3. The van der Waals surface area contributed by atoms with Gasteiger partial charge in [0, 0.05) is 12.1 Å². The van der Waals surface area contributed by atoms with Gasteiger partial charge in [0.25, 0.3) is 0 Å². The molecule has 0 spiro atoms. The van der Waals surface area contributed by atoms with E-state index in [4.69, 9.17) is 19.2 Å². The maximum Gasteiger partial charge on any atom is 0.203 e. The molecule has 0 saturated heterocycles. The molecule has 0 fully saturated rings. The van der Waals surface area contributed by atoms with Crippen molar-refractivity contribution in [2.24, 2.45) is 0 Å². The second-order valence-corrected chi connectivity index (χ2v) is 7.42. The smallest absolute Gasteiger partial charge is 0.203 e. The molecule has 30 heavy (non-hydrogen) atoms. The zero-order chi connectivity index (χ0) is 21.3. The fraction of sp³-hybridized carbons (Fsp3) is 0.240. The first-order valence-corrected chi connectivity index (χ1v) is 9.87. The van der Waals surface area contributed by atoms with Crippen LogP contribution in [0.1, 0.15) is 16.7 Å². The van der Waals surface area contributed by atoms with Crippen molar-refractivity contribution in [2.45, 2.75) is 20.4 Å². The quantitative estimate of drug-likeness (QED) is 0.434. The molecular weight excluding hydrogens is 376 g/mol. The summed E-state index contributed by atoms with van der Waals surface area (Å²) in [5, 5.41) is 0. The normalized spacial score (nSPS) is 11.0. The summed E-state index contributed by atoms with van der Waals surface area (Å²) < 4.78 is 18.8. The summed E-state index contributed by atoms with van der Waals surface area (Å²) in [6, 6.07) is 18.8. The van der Waals surface area contributed by atoms with Gasteiger partial charge >= 0.3 is 0 Å². The van der Waals surface area contributed by atoms with Crippen LogP contribution in [-0.2, 0) is 6.54 Å². The van der Waals surface area contributed by atoms with Crippen molar-refractivity contribution in [3.8, 4) is 28.6 Å². The van der Waals surface area contributed by atoms with Crippen LogP contribution in [0.25, 0.3) is 22.4 Å². The average Bonchev–Trinajstić information content (AvgIpc) is 3.10. The summed E-state index contributed by atoms with van der Waals surface area (Å²) >= 11 is 0. The number of ether oxygens (including phenoxy) is 3. The molecule has 0 N–H and O–H groups in total. The third kappa shape index (κ3) is 3.59. The fourth-order valence-electron chi connectivity index (χ4n) is 3.81. The van der Waals surface area contributed by atoms with Gasteiger partial charge in [-0.2, -0.15) is 0 Å². The third-order valence-corrected chi connectivity index (χ3v) is 5.25. The first-order valence-electron chi connectivity index (χ1n) is 9.87. The Balaban J connectivity index is 1.89. The predicted molar refractivity (Wildman–Crippen MR) is 120 cm³/mol. The largest absolute Gasteiger partial charge is 0.493 e. The SMILES string of the molecule is COc1cc(Cn2c(-c3cccc(C)c3)nc3cc(C)ccc32)cc(OC)c1OC. The van der Waals surface area contributed by atoms with Crippen LogP contribution in [0.2, 0.25) is 0 Å². The molecule has 0 amide bonds. The van der Waals surface area contributed by atoms with Crippen LogP contribution in [0, 0.1) is 13.8 Å². The van der Waals surface area contributed by atoms with E-state index in [1.807, 2.05) is 12.1 Å². The minimum absolute atomic E-state index is 0.591. The molecule has 154 valence electrons. The Morgan fingerprint density at radius 1 is 0.800 bits per heavy atom. The maximum atomic E-state index is 5.54. The maximum absolute atomic E-state index is 5.54. The number of nitrogens with zero attached hydrogens (tertiary/aromatic N) is 2. The monoisotopic (exact) mass is 402 g/mol. The molecule has 5 nitrogen and oxygen atoms in total. The van der Waals surface area contributed by atoms with Gasteiger partial charge in [-0.3, -0.25) is 0 Å². The third-order valence-electron chi connectivity index (χ3n) is 5.25. The Kier molecular flexibility index (Phi) is 5.36. The van der Waals surface area contributed by atoms with Crippen molar-refractivity contribution in [3.05, 3.63) is 71.3 Å². The number of imidazole rings is 1. The van der Waals surface area contributed by atoms with Gasteiger partial charge in [-0.05, 0) is 55.3 Å². The highest BCUT2D eigenvalue weighted by Crippen LogP contribution is 2.39. The lowest BCUT2D eigenvalue weighted by atomic mass is 10.1. The van der Waals surface area contributed by atoms with E-state index in [1.165, 1.54) is 11.1 Å². The van der Waals surface area contributed by atoms with Gasteiger partial charge in [0.05, 0.1) is 32.4 Å². The molecule has 0 aliphatic rings. The number of benzene rings is 3. The van der Waals surface area contributed by atoms with Crippen molar-refractivity contribution < 1.29 is 14.2 Å². The molecule has 1 heterocycles. The summed E-state index contributed by atoms with van der Waals surface area (Å²) in [6.45, 7) is 4.81. The van der Waals surface area contributed by atoms with E-state index in [0.29, 0.717) is 23.8 Å². The van der Waals surface area contributed by atoms with Gasteiger partial charge < -0.3 is 18.8 Å². The first kappa shape index (κ1) is 19.8. The Hall–Kier alpha value is -3.47. The van der Waals surface area contributed by atoms with Gasteiger partial charge in [0.2, 0.25) is 5.75 Å². The molecule has 0 atom stereocenters. The van der Waals surface area contributed by atoms with Gasteiger partial charge in [-0.1, -0.05) is 29.8 Å². The van der Waals surface area contributed by atoms with Crippen LogP contribution in [-0.4, -0.2) is 30.9 Å². The molecule has 3 aromatic carbocycles. The number of aromatic nitrogens is 2. The Morgan fingerprint density at radius 3 is 2.13 bits per heavy atom. The minimum atomic E-state index is 0.591. The second kappa shape index (κ2) is 8.11. The second-order valence-electron chi connectivity index (χ2n) is 7.42. The zero-order valence-electron chi connectivity index (χ0n) is 18.0. The lowest BCUT2D eigenvalue weighted by Crippen LogP contribution is -2.04. The summed E-state index contributed by atoms with van der Waals surface area (Å²) in [5.74, 6) is 2.82. The molecule has 0 saturated carbocycles. The van der Waals surface area contributed by atoms with Gasteiger partial charge in [-0.25, -0.2) is 4.98 Å².